The van der Waals surface area contributed by atoms with Gasteiger partial charge in [-0.15, -0.1) is 0 Å². The second-order valence-corrected chi connectivity index (χ2v) is 6.70. The lowest BCUT2D eigenvalue weighted by atomic mass is 9.99. The van der Waals surface area contributed by atoms with Gasteiger partial charge in [0.1, 0.15) is 18.0 Å². The highest BCUT2D eigenvalue weighted by molar-refractivity contribution is 6.31. The Balaban J connectivity index is 1.70. The number of Topliss-reactive ketones (excluding diaryl/α,β-unsaturated/α-hetero) is 1. The highest BCUT2D eigenvalue weighted by Gasteiger charge is 2.18. The zero-order valence-electron chi connectivity index (χ0n) is 14.2. The third kappa shape index (κ3) is 4.62. The average molecular weight is 377 g/mol. The van der Waals surface area contributed by atoms with Crippen molar-refractivity contribution in [3.63, 3.8) is 0 Å². The first kappa shape index (κ1) is 18.9. The van der Waals surface area contributed by atoms with Crippen molar-refractivity contribution in [2.24, 2.45) is 0 Å². The summed E-state index contributed by atoms with van der Waals surface area (Å²) >= 11 is 6.25. The molecular weight excluding hydrogens is 356 g/mol. The zero-order valence-corrected chi connectivity index (χ0v) is 15.0. The fourth-order valence-electron chi connectivity index (χ4n) is 2.84. The summed E-state index contributed by atoms with van der Waals surface area (Å²) in [5.74, 6) is 0.276. The van der Waals surface area contributed by atoms with Crippen LogP contribution in [0.3, 0.4) is 0 Å². The number of aliphatic hydroxyl groups is 2. The van der Waals surface area contributed by atoms with E-state index in [9.17, 15) is 9.90 Å². The van der Waals surface area contributed by atoms with E-state index in [4.69, 9.17) is 26.2 Å². The number of carbonyl (C=O) groups excluding carboxylic acids is 1. The minimum Gasteiger partial charge on any atom is -0.488 e. The summed E-state index contributed by atoms with van der Waals surface area (Å²) in [6, 6.07) is 12.6. The van der Waals surface area contributed by atoms with E-state index < -0.39 is 18.5 Å². The van der Waals surface area contributed by atoms with Gasteiger partial charge in [-0.05, 0) is 47.9 Å². The second kappa shape index (κ2) is 8.64. The lowest BCUT2D eigenvalue weighted by Crippen LogP contribution is -2.24. The summed E-state index contributed by atoms with van der Waals surface area (Å²) < 4.78 is 11.1. The van der Waals surface area contributed by atoms with Crippen LogP contribution in [0.2, 0.25) is 5.02 Å². The number of aliphatic hydroxyl groups excluding tert-OH is 2. The molecule has 1 aliphatic rings. The lowest BCUT2D eigenvalue weighted by Gasteiger charge is -2.13. The van der Waals surface area contributed by atoms with E-state index >= 15 is 0 Å². The molecule has 0 spiro atoms. The summed E-state index contributed by atoms with van der Waals surface area (Å²) in [6.07, 6.45) is 0.135. The Morgan fingerprint density at radius 3 is 2.69 bits per heavy atom. The van der Waals surface area contributed by atoms with Crippen LogP contribution in [0.5, 0.6) is 5.75 Å². The largest absolute Gasteiger partial charge is 0.488 e. The Morgan fingerprint density at radius 2 is 2.04 bits per heavy atom. The SMILES string of the molecule is O=C(c1ccc(Cl)c(Cc2ccc(O[C@@H]3CCOC3)cc2)c1)C(O)CO. The molecule has 6 heteroatoms. The van der Waals surface area contributed by atoms with Crippen molar-refractivity contribution in [1.82, 2.24) is 0 Å². The molecule has 2 aromatic carbocycles. The molecule has 0 amide bonds. The summed E-state index contributed by atoms with van der Waals surface area (Å²) in [5, 5.41) is 19.0. The van der Waals surface area contributed by atoms with Crippen molar-refractivity contribution >= 4 is 17.4 Å². The zero-order chi connectivity index (χ0) is 18.5. The molecular formula is C20H21ClO5. The molecule has 138 valence electrons. The molecule has 3 rings (SSSR count). The van der Waals surface area contributed by atoms with Crippen LogP contribution in [0, 0.1) is 0 Å². The Hall–Kier alpha value is -1.92. The van der Waals surface area contributed by atoms with E-state index in [2.05, 4.69) is 0 Å². The molecule has 2 N–H and O–H groups in total. The fraction of sp³-hybridized carbons (Fsp3) is 0.350. The van der Waals surface area contributed by atoms with Crippen molar-refractivity contribution in [3.05, 3.63) is 64.2 Å². The molecule has 2 atom stereocenters. The van der Waals surface area contributed by atoms with Crippen LogP contribution in [-0.2, 0) is 11.2 Å². The monoisotopic (exact) mass is 376 g/mol. The van der Waals surface area contributed by atoms with Crippen LogP contribution in [0.1, 0.15) is 27.9 Å². The van der Waals surface area contributed by atoms with E-state index in [1.54, 1.807) is 18.2 Å². The van der Waals surface area contributed by atoms with Crippen LogP contribution in [-0.4, -0.2) is 48.0 Å². The van der Waals surface area contributed by atoms with Crippen LogP contribution < -0.4 is 4.74 Å². The molecule has 1 heterocycles. The molecule has 0 bridgehead atoms. The molecule has 0 aliphatic carbocycles. The van der Waals surface area contributed by atoms with Crippen molar-refractivity contribution in [2.75, 3.05) is 19.8 Å². The van der Waals surface area contributed by atoms with Gasteiger partial charge in [-0.25, -0.2) is 0 Å². The van der Waals surface area contributed by atoms with Gasteiger partial charge in [0, 0.05) is 17.0 Å². The van der Waals surface area contributed by atoms with Crippen molar-refractivity contribution in [1.29, 1.82) is 0 Å². The van der Waals surface area contributed by atoms with E-state index in [1.807, 2.05) is 24.3 Å². The molecule has 0 saturated carbocycles. The van der Waals surface area contributed by atoms with E-state index in [0.29, 0.717) is 23.6 Å². The normalized spacial score (nSPS) is 17.9. The quantitative estimate of drug-likeness (QED) is 0.726. The summed E-state index contributed by atoms with van der Waals surface area (Å²) in [7, 11) is 0. The third-order valence-electron chi connectivity index (χ3n) is 4.31. The van der Waals surface area contributed by atoms with Crippen molar-refractivity contribution in [2.45, 2.75) is 25.0 Å². The first-order valence-electron chi connectivity index (χ1n) is 8.51. The third-order valence-corrected chi connectivity index (χ3v) is 4.68. The number of ketones is 1. The predicted octanol–water partition coefficient (Wildman–Crippen LogP) is 2.63. The first-order chi connectivity index (χ1) is 12.6. The average Bonchev–Trinajstić information content (AvgIpc) is 3.17. The maximum absolute atomic E-state index is 12.0. The second-order valence-electron chi connectivity index (χ2n) is 6.29. The highest BCUT2D eigenvalue weighted by atomic mass is 35.5. The van der Waals surface area contributed by atoms with Gasteiger partial charge in [0.2, 0.25) is 0 Å². The van der Waals surface area contributed by atoms with Gasteiger partial charge in [-0.2, -0.15) is 0 Å². The first-order valence-corrected chi connectivity index (χ1v) is 8.89. The van der Waals surface area contributed by atoms with Crippen LogP contribution in [0.4, 0.5) is 0 Å². The van der Waals surface area contributed by atoms with Gasteiger partial charge >= 0.3 is 0 Å². The van der Waals surface area contributed by atoms with E-state index in [-0.39, 0.29) is 6.10 Å². The number of benzene rings is 2. The van der Waals surface area contributed by atoms with Gasteiger partial charge in [0.15, 0.2) is 5.78 Å². The van der Waals surface area contributed by atoms with Gasteiger partial charge in [-0.3, -0.25) is 4.79 Å². The number of rotatable bonds is 7. The number of ether oxygens (including phenoxy) is 2. The summed E-state index contributed by atoms with van der Waals surface area (Å²) in [4.78, 5) is 12.0. The summed E-state index contributed by atoms with van der Waals surface area (Å²) in [6.45, 7) is 0.753. The molecule has 26 heavy (non-hydrogen) atoms. The molecule has 1 unspecified atom stereocenters. The van der Waals surface area contributed by atoms with Gasteiger partial charge in [0.05, 0.1) is 19.8 Å². The Bertz CT molecular complexity index is 753. The predicted molar refractivity (Wildman–Crippen MR) is 98.0 cm³/mol. The minimum absolute atomic E-state index is 0.107. The number of carbonyl (C=O) groups is 1. The van der Waals surface area contributed by atoms with Crippen LogP contribution in [0.15, 0.2) is 42.5 Å². The van der Waals surface area contributed by atoms with Gasteiger partial charge < -0.3 is 19.7 Å². The molecule has 0 radical (unpaired) electrons. The van der Waals surface area contributed by atoms with Gasteiger partial charge in [-0.1, -0.05) is 23.7 Å². The van der Waals surface area contributed by atoms with Crippen molar-refractivity contribution < 1.29 is 24.5 Å². The topological polar surface area (TPSA) is 76.0 Å². The van der Waals surface area contributed by atoms with Gasteiger partial charge in [0.25, 0.3) is 0 Å². The molecule has 1 aliphatic heterocycles. The number of halogens is 1. The number of hydrogen-bond donors (Lipinski definition) is 2. The standard InChI is InChI=1S/C20H21ClO5/c21-18-6-3-14(20(24)19(23)11-22)10-15(18)9-13-1-4-16(5-2-13)26-17-7-8-25-12-17/h1-6,10,17,19,22-23H,7-9,11-12H2/t17-,19?/m1/s1. The molecule has 1 saturated heterocycles. The maximum atomic E-state index is 12.0. The molecule has 5 nitrogen and oxygen atoms in total. The Morgan fingerprint density at radius 1 is 1.27 bits per heavy atom. The smallest absolute Gasteiger partial charge is 0.193 e. The van der Waals surface area contributed by atoms with Crippen molar-refractivity contribution in [3.8, 4) is 5.75 Å². The number of hydrogen-bond acceptors (Lipinski definition) is 5. The van der Waals surface area contributed by atoms with Crippen LogP contribution in [0.25, 0.3) is 0 Å². The lowest BCUT2D eigenvalue weighted by molar-refractivity contribution is 0.0587. The van der Waals surface area contributed by atoms with Crippen LogP contribution >= 0.6 is 11.6 Å². The fourth-order valence-corrected chi connectivity index (χ4v) is 3.03. The Kier molecular flexibility index (Phi) is 6.27. The molecule has 0 aromatic heterocycles. The maximum Gasteiger partial charge on any atom is 0.193 e. The molecule has 2 aromatic rings. The van der Waals surface area contributed by atoms with E-state index in [0.717, 1.165) is 29.9 Å². The molecule has 1 fully saturated rings. The Labute approximate surface area is 157 Å². The van der Waals surface area contributed by atoms with E-state index in [1.165, 1.54) is 0 Å². The highest BCUT2D eigenvalue weighted by Crippen LogP contribution is 2.24. The summed E-state index contributed by atoms with van der Waals surface area (Å²) in [5.41, 5.74) is 2.13. The minimum atomic E-state index is -1.42.